The van der Waals surface area contributed by atoms with Crippen LogP contribution >= 0.6 is 0 Å². The van der Waals surface area contributed by atoms with Crippen LogP contribution in [0.5, 0.6) is 17.2 Å². The fourth-order valence-corrected chi connectivity index (χ4v) is 2.78. The maximum atomic E-state index is 6.13. The molecule has 0 fully saturated rings. The van der Waals surface area contributed by atoms with Crippen molar-refractivity contribution < 1.29 is 18.9 Å². The topological polar surface area (TPSA) is 36.9 Å². The van der Waals surface area contributed by atoms with Crippen molar-refractivity contribution in [2.75, 3.05) is 21.3 Å². The Bertz CT molecular complexity index is 696. The lowest BCUT2D eigenvalue weighted by Gasteiger charge is -2.25. The van der Waals surface area contributed by atoms with Crippen molar-refractivity contribution in [1.29, 1.82) is 0 Å². The summed E-state index contributed by atoms with van der Waals surface area (Å²) in [5, 5.41) is 0. The summed E-state index contributed by atoms with van der Waals surface area (Å²) >= 11 is 0. The van der Waals surface area contributed by atoms with Gasteiger partial charge < -0.3 is 18.9 Å². The van der Waals surface area contributed by atoms with Crippen molar-refractivity contribution in [3.63, 3.8) is 0 Å². The second kappa shape index (κ2) is 9.14. The smallest absolute Gasteiger partial charge is 0.161 e. The lowest BCUT2D eigenvalue weighted by Crippen LogP contribution is -2.23. The van der Waals surface area contributed by atoms with E-state index in [0.717, 1.165) is 23.3 Å². The molecular formula is C21H26O4. The summed E-state index contributed by atoms with van der Waals surface area (Å²) in [6.45, 7) is 5.74. The highest BCUT2D eigenvalue weighted by Gasteiger charge is 2.22. The van der Waals surface area contributed by atoms with Crippen LogP contribution in [-0.2, 0) is 11.2 Å². The first-order chi connectivity index (χ1) is 12.1. The maximum absolute atomic E-state index is 6.13. The average Bonchev–Trinajstić information content (AvgIpc) is 2.64. The number of hydrogen-bond acceptors (Lipinski definition) is 4. The van der Waals surface area contributed by atoms with E-state index in [1.54, 1.807) is 21.3 Å². The Hall–Kier alpha value is -2.46. The first kappa shape index (κ1) is 18.9. The van der Waals surface area contributed by atoms with Crippen LogP contribution in [0.1, 0.15) is 24.2 Å². The van der Waals surface area contributed by atoms with Crippen LogP contribution in [0.25, 0.3) is 0 Å². The van der Waals surface area contributed by atoms with Crippen LogP contribution in [-0.4, -0.2) is 27.4 Å². The van der Waals surface area contributed by atoms with Crippen LogP contribution in [0, 0.1) is 0 Å². The van der Waals surface area contributed by atoms with Crippen molar-refractivity contribution in [3.05, 3.63) is 66.2 Å². The molecule has 2 unspecified atom stereocenters. The Kier molecular flexibility index (Phi) is 6.90. The lowest BCUT2D eigenvalue weighted by molar-refractivity contribution is 0.00837. The van der Waals surface area contributed by atoms with Gasteiger partial charge >= 0.3 is 0 Å². The third kappa shape index (κ3) is 4.77. The number of rotatable bonds is 9. The molecule has 0 aliphatic heterocycles. The summed E-state index contributed by atoms with van der Waals surface area (Å²) in [6, 6.07) is 13.7. The summed E-state index contributed by atoms with van der Waals surface area (Å²) in [5.41, 5.74) is 2.12. The summed E-state index contributed by atoms with van der Waals surface area (Å²) in [7, 11) is 4.96. The highest BCUT2D eigenvalue weighted by atomic mass is 16.5. The number of hydrogen-bond donors (Lipinski definition) is 0. The van der Waals surface area contributed by atoms with E-state index in [1.165, 1.54) is 0 Å². The van der Waals surface area contributed by atoms with Crippen molar-refractivity contribution in [1.82, 2.24) is 0 Å². The average molecular weight is 342 g/mol. The molecule has 0 saturated heterocycles. The molecule has 4 heteroatoms. The molecule has 0 amide bonds. The van der Waals surface area contributed by atoms with Gasteiger partial charge in [0.1, 0.15) is 18.0 Å². The summed E-state index contributed by atoms with van der Waals surface area (Å²) in [5.74, 6) is 2.18. The van der Waals surface area contributed by atoms with Crippen LogP contribution in [0.15, 0.2) is 55.1 Å². The molecule has 134 valence electrons. The van der Waals surface area contributed by atoms with Gasteiger partial charge in [0, 0.05) is 7.11 Å². The molecule has 0 bridgehead atoms. The largest absolute Gasteiger partial charge is 0.497 e. The summed E-state index contributed by atoms with van der Waals surface area (Å²) in [6.07, 6.45) is 2.21. The lowest BCUT2D eigenvalue weighted by atomic mass is 10.0. The SMILES string of the molecule is C=CCc1ccc(OC(C)C(OC)c2cccc(OC)c2)c(OC)c1. The van der Waals surface area contributed by atoms with Crippen molar-refractivity contribution >= 4 is 0 Å². The second-order valence-corrected chi connectivity index (χ2v) is 5.73. The van der Waals surface area contributed by atoms with E-state index in [9.17, 15) is 0 Å². The molecule has 0 aliphatic rings. The van der Waals surface area contributed by atoms with E-state index >= 15 is 0 Å². The highest BCUT2D eigenvalue weighted by Crippen LogP contribution is 2.33. The fourth-order valence-electron chi connectivity index (χ4n) is 2.78. The normalized spacial score (nSPS) is 13.0. The fraction of sp³-hybridized carbons (Fsp3) is 0.333. The van der Waals surface area contributed by atoms with E-state index in [1.807, 2.05) is 55.5 Å². The zero-order chi connectivity index (χ0) is 18.2. The van der Waals surface area contributed by atoms with Gasteiger partial charge in [0.15, 0.2) is 11.5 Å². The number of methoxy groups -OCH3 is 3. The molecule has 2 aromatic rings. The van der Waals surface area contributed by atoms with Gasteiger partial charge in [0.25, 0.3) is 0 Å². The van der Waals surface area contributed by atoms with Crippen LogP contribution in [0.3, 0.4) is 0 Å². The van der Waals surface area contributed by atoms with Gasteiger partial charge in [0.2, 0.25) is 0 Å². The molecule has 0 spiro atoms. The predicted molar refractivity (Wildman–Crippen MR) is 99.7 cm³/mol. The summed E-state index contributed by atoms with van der Waals surface area (Å²) in [4.78, 5) is 0. The van der Waals surface area contributed by atoms with Crippen LogP contribution < -0.4 is 14.2 Å². The Labute approximate surface area is 150 Å². The molecule has 2 aromatic carbocycles. The van der Waals surface area contributed by atoms with Crippen molar-refractivity contribution in [3.8, 4) is 17.2 Å². The van der Waals surface area contributed by atoms with Crippen molar-refractivity contribution in [2.24, 2.45) is 0 Å². The summed E-state index contributed by atoms with van der Waals surface area (Å²) < 4.78 is 22.6. The van der Waals surface area contributed by atoms with Gasteiger partial charge in [0.05, 0.1) is 14.2 Å². The minimum Gasteiger partial charge on any atom is -0.497 e. The third-order valence-corrected chi connectivity index (χ3v) is 4.02. The standard InChI is InChI=1S/C21H26O4/c1-6-8-16-11-12-19(20(13-16)23-4)25-15(2)21(24-5)17-9-7-10-18(14-17)22-3/h6-7,9-15,21H,1,8H2,2-5H3. The van der Waals surface area contributed by atoms with E-state index in [4.69, 9.17) is 18.9 Å². The van der Waals surface area contributed by atoms with E-state index in [2.05, 4.69) is 6.58 Å². The monoisotopic (exact) mass is 342 g/mol. The van der Waals surface area contributed by atoms with Crippen LogP contribution in [0.4, 0.5) is 0 Å². The Balaban J connectivity index is 2.21. The quantitative estimate of drug-likeness (QED) is 0.625. The first-order valence-electron chi connectivity index (χ1n) is 8.24. The number of benzene rings is 2. The molecule has 0 heterocycles. The van der Waals surface area contributed by atoms with E-state index in [-0.39, 0.29) is 12.2 Å². The Morgan fingerprint density at radius 1 is 1.00 bits per heavy atom. The zero-order valence-corrected chi connectivity index (χ0v) is 15.3. The highest BCUT2D eigenvalue weighted by molar-refractivity contribution is 5.43. The third-order valence-electron chi connectivity index (χ3n) is 4.02. The Morgan fingerprint density at radius 2 is 1.80 bits per heavy atom. The number of ether oxygens (including phenoxy) is 4. The van der Waals surface area contributed by atoms with Gasteiger partial charge in [-0.25, -0.2) is 0 Å². The minimum absolute atomic E-state index is 0.212. The first-order valence-corrected chi connectivity index (χ1v) is 8.24. The van der Waals surface area contributed by atoms with E-state index in [0.29, 0.717) is 11.5 Å². The molecule has 0 aliphatic carbocycles. The zero-order valence-electron chi connectivity index (χ0n) is 15.3. The maximum Gasteiger partial charge on any atom is 0.161 e. The molecule has 0 radical (unpaired) electrons. The van der Waals surface area contributed by atoms with Gasteiger partial charge in [-0.2, -0.15) is 0 Å². The minimum atomic E-state index is -0.229. The molecule has 2 rings (SSSR count). The molecule has 2 atom stereocenters. The second-order valence-electron chi connectivity index (χ2n) is 5.73. The molecule has 4 nitrogen and oxygen atoms in total. The van der Waals surface area contributed by atoms with Gasteiger partial charge in [-0.1, -0.05) is 24.3 Å². The molecule has 0 aromatic heterocycles. The van der Waals surface area contributed by atoms with Gasteiger partial charge in [-0.15, -0.1) is 6.58 Å². The predicted octanol–water partition coefficient (Wildman–Crippen LogP) is 4.59. The van der Waals surface area contributed by atoms with Gasteiger partial charge in [-0.3, -0.25) is 0 Å². The molecule has 25 heavy (non-hydrogen) atoms. The Morgan fingerprint density at radius 3 is 2.44 bits per heavy atom. The van der Waals surface area contributed by atoms with Gasteiger partial charge in [-0.05, 0) is 48.7 Å². The van der Waals surface area contributed by atoms with Crippen molar-refractivity contribution in [2.45, 2.75) is 25.6 Å². The number of allylic oxidation sites excluding steroid dienone is 1. The molecular weight excluding hydrogens is 316 g/mol. The van der Waals surface area contributed by atoms with E-state index < -0.39 is 0 Å². The molecule has 0 saturated carbocycles. The van der Waals surface area contributed by atoms with Crippen LogP contribution in [0.2, 0.25) is 0 Å². The molecule has 0 N–H and O–H groups in total.